The predicted molar refractivity (Wildman–Crippen MR) is 108 cm³/mol. The van der Waals surface area contributed by atoms with E-state index in [1.165, 1.54) is 11.3 Å². The van der Waals surface area contributed by atoms with Crippen LogP contribution in [0.2, 0.25) is 9.36 Å². The van der Waals surface area contributed by atoms with E-state index in [9.17, 15) is 9.59 Å². The Bertz CT molecular complexity index is 984. The van der Waals surface area contributed by atoms with Crippen molar-refractivity contribution in [3.8, 4) is 5.75 Å². The summed E-state index contributed by atoms with van der Waals surface area (Å²) in [6.07, 6.45) is 0.567. The average molecular weight is 426 g/mol. The summed E-state index contributed by atoms with van der Waals surface area (Å²) in [5.74, 6) is 0.190. The van der Waals surface area contributed by atoms with Gasteiger partial charge in [0.1, 0.15) is 15.8 Å². The molecule has 0 aliphatic heterocycles. The van der Waals surface area contributed by atoms with Crippen molar-refractivity contribution in [1.29, 1.82) is 0 Å². The molecule has 2 amide bonds. The van der Waals surface area contributed by atoms with Crippen LogP contribution in [0, 0.1) is 0 Å². The van der Waals surface area contributed by atoms with Crippen molar-refractivity contribution >= 4 is 56.6 Å². The molecule has 0 aliphatic carbocycles. The van der Waals surface area contributed by atoms with Gasteiger partial charge in [0.25, 0.3) is 11.8 Å². The van der Waals surface area contributed by atoms with E-state index in [-0.39, 0.29) is 18.4 Å². The SMILES string of the molecule is CNC(=O)COc1ccccc1CCNC(=O)c1cc2sc(Cl)c(Cl)c2[nH]1. The third kappa shape index (κ3) is 4.55. The van der Waals surface area contributed by atoms with Crippen molar-refractivity contribution in [2.45, 2.75) is 6.42 Å². The first-order valence-corrected chi connectivity index (χ1v) is 9.73. The highest BCUT2D eigenvalue weighted by Crippen LogP contribution is 2.38. The van der Waals surface area contributed by atoms with Crippen LogP contribution >= 0.6 is 34.5 Å². The number of halogens is 2. The number of para-hydroxylation sites is 1. The molecule has 9 heteroatoms. The summed E-state index contributed by atoms with van der Waals surface area (Å²) in [6.45, 7) is 0.364. The number of amides is 2. The summed E-state index contributed by atoms with van der Waals surface area (Å²) < 4.78 is 6.86. The molecule has 0 spiro atoms. The summed E-state index contributed by atoms with van der Waals surface area (Å²) in [4.78, 5) is 26.7. The maximum Gasteiger partial charge on any atom is 0.267 e. The van der Waals surface area contributed by atoms with Gasteiger partial charge < -0.3 is 20.4 Å². The number of aromatic amines is 1. The summed E-state index contributed by atoms with van der Waals surface area (Å²) >= 11 is 13.4. The number of carbonyl (C=O) groups excluding carboxylic acids is 2. The summed E-state index contributed by atoms with van der Waals surface area (Å²) in [7, 11) is 1.55. The number of rotatable bonds is 7. The molecule has 3 rings (SSSR count). The second-order valence-corrected chi connectivity index (χ2v) is 7.72. The zero-order chi connectivity index (χ0) is 19.4. The van der Waals surface area contributed by atoms with Crippen LogP contribution in [0.1, 0.15) is 16.1 Å². The van der Waals surface area contributed by atoms with Gasteiger partial charge in [0, 0.05) is 13.6 Å². The van der Waals surface area contributed by atoms with Crippen LogP contribution in [0.3, 0.4) is 0 Å². The van der Waals surface area contributed by atoms with Crippen molar-refractivity contribution in [3.63, 3.8) is 0 Å². The number of nitrogens with one attached hydrogen (secondary N) is 3. The van der Waals surface area contributed by atoms with E-state index in [0.29, 0.717) is 39.3 Å². The van der Waals surface area contributed by atoms with Crippen molar-refractivity contribution in [2.24, 2.45) is 0 Å². The lowest BCUT2D eigenvalue weighted by Crippen LogP contribution is -2.27. The van der Waals surface area contributed by atoms with Gasteiger partial charge in [-0.25, -0.2) is 0 Å². The standard InChI is InChI=1S/C18H17Cl2N3O3S/c1-21-14(24)9-26-12-5-3-2-4-10(12)6-7-22-18(25)11-8-13-16(23-11)15(19)17(20)27-13/h2-5,8,23H,6-7,9H2,1H3,(H,21,24)(H,22,25). The van der Waals surface area contributed by atoms with Gasteiger partial charge >= 0.3 is 0 Å². The van der Waals surface area contributed by atoms with E-state index in [2.05, 4.69) is 15.6 Å². The molecule has 142 valence electrons. The lowest BCUT2D eigenvalue weighted by molar-refractivity contribution is -0.122. The number of likely N-dealkylation sites (N-methyl/N-ethyl adjacent to an activating group) is 1. The number of hydrogen-bond donors (Lipinski definition) is 3. The van der Waals surface area contributed by atoms with Crippen molar-refractivity contribution in [3.05, 3.63) is 50.9 Å². The van der Waals surface area contributed by atoms with Crippen molar-refractivity contribution in [1.82, 2.24) is 15.6 Å². The lowest BCUT2D eigenvalue weighted by atomic mass is 10.1. The monoisotopic (exact) mass is 425 g/mol. The molecule has 2 aromatic heterocycles. The number of H-pyrrole nitrogens is 1. The second-order valence-electron chi connectivity index (χ2n) is 5.69. The van der Waals surface area contributed by atoms with Gasteiger partial charge in [-0.3, -0.25) is 9.59 Å². The molecule has 1 aromatic carbocycles. The molecule has 6 nitrogen and oxygen atoms in total. The third-order valence-electron chi connectivity index (χ3n) is 3.91. The van der Waals surface area contributed by atoms with Gasteiger partial charge in [-0.05, 0) is 24.1 Å². The molecule has 3 aromatic rings. The topological polar surface area (TPSA) is 83.2 Å². The number of fused-ring (bicyclic) bond motifs is 1. The van der Waals surface area contributed by atoms with Crippen LogP contribution < -0.4 is 15.4 Å². The fourth-order valence-electron chi connectivity index (χ4n) is 2.51. The van der Waals surface area contributed by atoms with E-state index >= 15 is 0 Å². The minimum atomic E-state index is -0.227. The first-order valence-electron chi connectivity index (χ1n) is 8.15. The third-order valence-corrected chi connectivity index (χ3v) is 5.84. The molecule has 27 heavy (non-hydrogen) atoms. The Balaban J connectivity index is 1.59. The van der Waals surface area contributed by atoms with Gasteiger partial charge in [-0.15, -0.1) is 11.3 Å². The molecule has 0 atom stereocenters. The number of ether oxygens (including phenoxy) is 1. The highest BCUT2D eigenvalue weighted by Gasteiger charge is 2.15. The first-order chi connectivity index (χ1) is 13.0. The fraction of sp³-hybridized carbons (Fsp3) is 0.222. The summed E-state index contributed by atoms with van der Waals surface area (Å²) in [6, 6.07) is 9.15. The lowest BCUT2D eigenvalue weighted by Gasteiger charge is -2.11. The van der Waals surface area contributed by atoms with Crippen molar-refractivity contribution < 1.29 is 14.3 Å². The van der Waals surface area contributed by atoms with Gasteiger partial charge in [0.2, 0.25) is 0 Å². The quantitative estimate of drug-likeness (QED) is 0.540. The Hall–Kier alpha value is -2.22. The first kappa shape index (κ1) is 19.5. The molecular weight excluding hydrogens is 409 g/mol. The van der Waals surface area contributed by atoms with E-state index < -0.39 is 0 Å². The maximum atomic E-state index is 12.3. The Kier molecular flexibility index (Phi) is 6.26. The predicted octanol–water partition coefficient (Wildman–Crippen LogP) is 3.63. The molecule has 0 bridgehead atoms. The molecule has 0 unspecified atom stereocenters. The Morgan fingerprint density at radius 1 is 1.26 bits per heavy atom. The minimum absolute atomic E-state index is 0.0532. The largest absolute Gasteiger partial charge is 0.483 e. The maximum absolute atomic E-state index is 12.3. The van der Waals surface area contributed by atoms with Crippen LogP contribution in [0.15, 0.2) is 30.3 Å². The van der Waals surface area contributed by atoms with Crippen LogP contribution in [0.4, 0.5) is 0 Å². The normalized spacial score (nSPS) is 10.8. The van der Waals surface area contributed by atoms with Crippen LogP contribution in [-0.2, 0) is 11.2 Å². The Morgan fingerprint density at radius 2 is 2.04 bits per heavy atom. The van der Waals surface area contributed by atoms with Gasteiger partial charge in [-0.2, -0.15) is 0 Å². The molecule has 0 fully saturated rings. The van der Waals surface area contributed by atoms with Gasteiger partial charge in [0.05, 0.1) is 15.2 Å². The molecule has 0 saturated heterocycles. The van der Waals surface area contributed by atoms with E-state index in [1.807, 2.05) is 18.2 Å². The van der Waals surface area contributed by atoms with Gasteiger partial charge in [0.15, 0.2) is 6.61 Å². The highest BCUT2D eigenvalue weighted by atomic mass is 35.5. The van der Waals surface area contributed by atoms with Crippen molar-refractivity contribution in [2.75, 3.05) is 20.2 Å². The highest BCUT2D eigenvalue weighted by molar-refractivity contribution is 7.23. The Morgan fingerprint density at radius 3 is 2.78 bits per heavy atom. The van der Waals surface area contributed by atoms with Crippen LogP contribution in [0.25, 0.3) is 10.2 Å². The molecular formula is C18H17Cl2N3O3S. The Labute approximate surface area is 169 Å². The van der Waals surface area contributed by atoms with E-state index in [1.54, 1.807) is 19.2 Å². The molecule has 0 saturated carbocycles. The number of carbonyl (C=O) groups is 2. The minimum Gasteiger partial charge on any atom is -0.483 e. The van der Waals surface area contributed by atoms with Crippen LogP contribution in [0.5, 0.6) is 5.75 Å². The van der Waals surface area contributed by atoms with Gasteiger partial charge in [-0.1, -0.05) is 41.4 Å². The molecule has 0 radical (unpaired) electrons. The fourth-order valence-corrected chi connectivity index (χ4v) is 3.99. The number of hydrogen-bond acceptors (Lipinski definition) is 4. The molecule has 0 aliphatic rings. The smallest absolute Gasteiger partial charge is 0.267 e. The molecule has 3 N–H and O–H groups in total. The number of thiophene rings is 1. The summed E-state index contributed by atoms with van der Waals surface area (Å²) in [5.41, 5.74) is 2.01. The zero-order valence-corrected chi connectivity index (χ0v) is 16.7. The number of aromatic nitrogens is 1. The molecule has 2 heterocycles. The number of benzene rings is 1. The summed E-state index contributed by atoms with van der Waals surface area (Å²) in [5, 5.41) is 5.79. The van der Waals surface area contributed by atoms with E-state index in [4.69, 9.17) is 27.9 Å². The van der Waals surface area contributed by atoms with Crippen LogP contribution in [-0.4, -0.2) is 37.0 Å². The second kappa shape index (κ2) is 8.65. The average Bonchev–Trinajstić information content (AvgIpc) is 3.20. The zero-order valence-electron chi connectivity index (χ0n) is 14.4. The van der Waals surface area contributed by atoms with E-state index in [0.717, 1.165) is 10.3 Å².